The molecule has 1 heterocycles. The molecule has 0 aromatic heterocycles. The fourth-order valence-corrected chi connectivity index (χ4v) is 2.10. The predicted octanol–water partition coefficient (Wildman–Crippen LogP) is 0.664. The van der Waals surface area contributed by atoms with Gasteiger partial charge >= 0.3 is 0 Å². The van der Waals surface area contributed by atoms with E-state index in [1.54, 1.807) is 12.1 Å². The molecule has 0 spiro atoms. The quantitative estimate of drug-likeness (QED) is 0.688. The number of hydrogen-bond acceptors (Lipinski definition) is 4. The predicted molar refractivity (Wildman–Crippen MR) is 71.2 cm³/mol. The lowest BCUT2D eigenvalue weighted by Gasteiger charge is -2.28. The van der Waals surface area contributed by atoms with E-state index in [2.05, 4.69) is 5.32 Å². The van der Waals surface area contributed by atoms with Crippen LogP contribution in [0.3, 0.4) is 0 Å². The maximum Gasteiger partial charge on any atom is 0.238 e. The highest BCUT2D eigenvalue weighted by atomic mass is 16.3. The number of nitrogens with two attached hydrogens (primary N) is 1. The highest BCUT2D eigenvalue weighted by Gasteiger charge is 2.18. The second-order valence-electron chi connectivity index (χ2n) is 4.68. The molecular formula is C13H19N3O2. The Labute approximate surface area is 107 Å². The maximum atomic E-state index is 11.8. The summed E-state index contributed by atoms with van der Waals surface area (Å²) in [5.41, 5.74) is 7.00. The van der Waals surface area contributed by atoms with Gasteiger partial charge in [0.15, 0.2) is 0 Å². The Morgan fingerprint density at radius 3 is 2.83 bits per heavy atom. The average Bonchev–Trinajstić information content (AvgIpc) is 2.32. The minimum atomic E-state index is -0.210. The molecule has 0 atom stereocenters. The van der Waals surface area contributed by atoms with E-state index in [0.717, 1.165) is 31.6 Å². The van der Waals surface area contributed by atoms with E-state index < -0.39 is 0 Å². The van der Waals surface area contributed by atoms with E-state index in [4.69, 9.17) is 5.73 Å². The number of carbonyl (C=O) groups is 1. The summed E-state index contributed by atoms with van der Waals surface area (Å²) in [6.45, 7) is 1.90. The van der Waals surface area contributed by atoms with Gasteiger partial charge in [0.2, 0.25) is 5.91 Å². The monoisotopic (exact) mass is 249 g/mol. The number of nitrogens with zero attached hydrogens (tertiary/aromatic N) is 1. The number of carbonyl (C=O) groups excluding carboxylic acids is 1. The van der Waals surface area contributed by atoms with Crippen LogP contribution in [-0.2, 0) is 4.79 Å². The van der Waals surface area contributed by atoms with Crippen molar-refractivity contribution in [3.63, 3.8) is 0 Å². The number of amides is 1. The Hall–Kier alpha value is -1.59. The Morgan fingerprint density at radius 2 is 2.17 bits per heavy atom. The van der Waals surface area contributed by atoms with E-state index in [1.807, 2.05) is 17.0 Å². The average molecular weight is 249 g/mol. The first-order valence-corrected chi connectivity index (χ1v) is 6.19. The molecule has 98 valence electrons. The van der Waals surface area contributed by atoms with E-state index in [9.17, 15) is 9.90 Å². The van der Waals surface area contributed by atoms with Gasteiger partial charge in [-0.25, -0.2) is 0 Å². The van der Waals surface area contributed by atoms with Crippen molar-refractivity contribution in [2.24, 2.45) is 0 Å². The molecule has 0 aliphatic carbocycles. The Morgan fingerprint density at radius 1 is 1.44 bits per heavy atom. The number of aliphatic hydroxyl groups is 1. The zero-order chi connectivity index (χ0) is 13.0. The number of nitrogen functional groups attached to an aromatic ring is 1. The van der Waals surface area contributed by atoms with Crippen LogP contribution in [0, 0.1) is 0 Å². The van der Waals surface area contributed by atoms with Crippen LogP contribution in [0.15, 0.2) is 24.3 Å². The summed E-state index contributed by atoms with van der Waals surface area (Å²) >= 11 is 0. The smallest absolute Gasteiger partial charge is 0.238 e. The highest BCUT2D eigenvalue weighted by Crippen LogP contribution is 2.13. The summed E-state index contributed by atoms with van der Waals surface area (Å²) in [6, 6.07) is 7.13. The molecule has 5 nitrogen and oxygen atoms in total. The summed E-state index contributed by atoms with van der Waals surface area (Å²) in [5.74, 6) is -0.0445. The molecule has 1 amide bonds. The van der Waals surface area contributed by atoms with Crippen LogP contribution in [0.5, 0.6) is 0 Å². The molecule has 0 bridgehead atoms. The topological polar surface area (TPSA) is 78.6 Å². The summed E-state index contributed by atoms with van der Waals surface area (Å²) in [7, 11) is 0. The van der Waals surface area contributed by atoms with E-state index in [0.29, 0.717) is 12.2 Å². The van der Waals surface area contributed by atoms with E-state index >= 15 is 0 Å². The molecule has 1 aliphatic heterocycles. The number of piperidine rings is 1. The van der Waals surface area contributed by atoms with E-state index in [1.165, 1.54) is 0 Å². The lowest BCUT2D eigenvalue weighted by atomic mass is 10.1. The van der Waals surface area contributed by atoms with Crippen LogP contribution in [0.4, 0.5) is 11.4 Å². The number of nitrogens with one attached hydrogen (secondary N) is 1. The number of benzene rings is 1. The maximum absolute atomic E-state index is 11.8. The molecule has 2 rings (SSSR count). The standard InChI is InChI=1S/C13H19N3O2/c14-10-2-1-3-11(8-10)15-13(18)9-16-6-4-12(17)5-7-16/h1-3,8,12,17H,4-7,9,14H2,(H,15,18). The summed E-state index contributed by atoms with van der Waals surface area (Å²) in [4.78, 5) is 13.9. The SMILES string of the molecule is Nc1cccc(NC(=O)CN2CCC(O)CC2)c1. The van der Waals surface area contributed by atoms with Crippen molar-refractivity contribution in [2.45, 2.75) is 18.9 Å². The fourth-order valence-electron chi connectivity index (χ4n) is 2.10. The minimum Gasteiger partial charge on any atom is -0.399 e. The molecule has 1 aromatic rings. The van der Waals surface area contributed by atoms with Gasteiger partial charge in [-0.2, -0.15) is 0 Å². The first-order valence-electron chi connectivity index (χ1n) is 6.19. The van der Waals surface area contributed by atoms with Crippen molar-refractivity contribution in [1.29, 1.82) is 0 Å². The van der Waals surface area contributed by atoms with Crippen LogP contribution < -0.4 is 11.1 Å². The third-order valence-electron chi connectivity index (χ3n) is 3.09. The van der Waals surface area contributed by atoms with Crippen LogP contribution >= 0.6 is 0 Å². The fraction of sp³-hybridized carbons (Fsp3) is 0.462. The van der Waals surface area contributed by atoms with Gasteiger partial charge in [0.05, 0.1) is 12.6 Å². The molecule has 5 heteroatoms. The van der Waals surface area contributed by atoms with Crippen molar-refractivity contribution >= 4 is 17.3 Å². The Balaban J connectivity index is 1.82. The van der Waals surface area contributed by atoms with Crippen LogP contribution in [0.1, 0.15) is 12.8 Å². The normalized spacial score (nSPS) is 17.6. The van der Waals surface area contributed by atoms with E-state index in [-0.39, 0.29) is 12.0 Å². The van der Waals surface area contributed by atoms with Gasteiger partial charge in [-0.05, 0) is 31.0 Å². The largest absolute Gasteiger partial charge is 0.399 e. The molecule has 0 radical (unpaired) electrons. The van der Waals surface area contributed by atoms with Crippen LogP contribution in [-0.4, -0.2) is 41.7 Å². The molecule has 0 unspecified atom stereocenters. The summed E-state index contributed by atoms with van der Waals surface area (Å²) in [6.07, 6.45) is 1.27. The van der Waals surface area contributed by atoms with Gasteiger partial charge < -0.3 is 16.2 Å². The number of hydrogen-bond donors (Lipinski definition) is 3. The Kier molecular flexibility index (Phi) is 4.17. The van der Waals surface area contributed by atoms with Gasteiger partial charge in [-0.15, -0.1) is 0 Å². The molecule has 4 N–H and O–H groups in total. The van der Waals surface area contributed by atoms with Gasteiger partial charge in [-0.3, -0.25) is 9.69 Å². The lowest BCUT2D eigenvalue weighted by Crippen LogP contribution is -2.40. The van der Waals surface area contributed by atoms with Crippen LogP contribution in [0.25, 0.3) is 0 Å². The minimum absolute atomic E-state index is 0.0445. The van der Waals surface area contributed by atoms with Gasteiger partial charge in [-0.1, -0.05) is 6.07 Å². The third-order valence-corrected chi connectivity index (χ3v) is 3.09. The second-order valence-corrected chi connectivity index (χ2v) is 4.68. The Bertz CT molecular complexity index is 414. The summed E-state index contributed by atoms with van der Waals surface area (Å²) < 4.78 is 0. The van der Waals surface area contributed by atoms with Gasteiger partial charge in [0.25, 0.3) is 0 Å². The highest BCUT2D eigenvalue weighted by molar-refractivity contribution is 5.92. The number of rotatable bonds is 3. The van der Waals surface area contributed by atoms with Crippen molar-refractivity contribution in [3.05, 3.63) is 24.3 Å². The molecule has 1 aromatic carbocycles. The first-order chi connectivity index (χ1) is 8.63. The molecule has 0 saturated carbocycles. The molecule has 1 saturated heterocycles. The first kappa shape index (κ1) is 12.9. The summed E-state index contributed by atoms with van der Waals surface area (Å²) in [5, 5.41) is 12.2. The number of likely N-dealkylation sites (tertiary alicyclic amines) is 1. The third kappa shape index (κ3) is 3.72. The van der Waals surface area contributed by atoms with Crippen molar-refractivity contribution in [2.75, 3.05) is 30.7 Å². The van der Waals surface area contributed by atoms with Gasteiger partial charge in [0, 0.05) is 24.5 Å². The van der Waals surface area contributed by atoms with Crippen LogP contribution in [0.2, 0.25) is 0 Å². The lowest BCUT2D eigenvalue weighted by molar-refractivity contribution is -0.117. The zero-order valence-corrected chi connectivity index (χ0v) is 10.3. The van der Waals surface area contributed by atoms with Crippen molar-refractivity contribution in [3.8, 4) is 0 Å². The zero-order valence-electron chi connectivity index (χ0n) is 10.3. The number of aliphatic hydroxyl groups excluding tert-OH is 1. The number of anilines is 2. The molecular weight excluding hydrogens is 230 g/mol. The molecule has 18 heavy (non-hydrogen) atoms. The molecule has 1 fully saturated rings. The van der Waals surface area contributed by atoms with Crippen molar-refractivity contribution < 1.29 is 9.90 Å². The molecule has 1 aliphatic rings. The second kappa shape index (κ2) is 5.84. The van der Waals surface area contributed by atoms with Gasteiger partial charge in [0.1, 0.15) is 0 Å². The van der Waals surface area contributed by atoms with Crippen molar-refractivity contribution in [1.82, 2.24) is 4.90 Å².